The molecule has 1 aromatic rings. The summed E-state index contributed by atoms with van der Waals surface area (Å²) in [7, 11) is 0. The van der Waals surface area contributed by atoms with Crippen molar-refractivity contribution in [2.24, 2.45) is 0 Å². The van der Waals surface area contributed by atoms with Gasteiger partial charge in [0.15, 0.2) is 0 Å². The highest BCUT2D eigenvalue weighted by Gasteiger charge is 2.35. The van der Waals surface area contributed by atoms with Gasteiger partial charge in [-0.05, 0) is 12.1 Å². The molecular weight excluding hydrogens is 201 g/mol. The number of hydrogen-bond donors (Lipinski definition) is 0. The van der Waals surface area contributed by atoms with Gasteiger partial charge in [-0.3, -0.25) is 0 Å². The summed E-state index contributed by atoms with van der Waals surface area (Å²) in [4.78, 5) is 0. The molecule has 0 spiro atoms. The van der Waals surface area contributed by atoms with Crippen LogP contribution in [-0.2, 0) is 6.18 Å². The van der Waals surface area contributed by atoms with Crippen molar-refractivity contribution >= 4 is 11.6 Å². The molecule has 1 rings (SSSR count). The molecule has 0 amide bonds. The molecule has 4 heteroatoms. The fraction of sp³-hybridized carbons (Fsp3) is 0.111. The first-order valence-electron chi connectivity index (χ1n) is 3.29. The lowest BCUT2D eigenvalue weighted by molar-refractivity contribution is -0.137. The van der Waals surface area contributed by atoms with Gasteiger partial charge in [-0.15, -0.1) is 6.42 Å². The zero-order valence-corrected chi connectivity index (χ0v) is 7.08. The highest BCUT2D eigenvalue weighted by molar-refractivity contribution is 6.31. The van der Waals surface area contributed by atoms with Gasteiger partial charge in [0.2, 0.25) is 0 Å². The van der Waals surface area contributed by atoms with Crippen LogP contribution >= 0.6 is 11.6 Å². The van der Waals surface area contributed by atoms with Crippen molar-refractivity contribution in [3.8, 4) is 12.3 Å². The minimum absolute atomic E-state index is 0.236. The molecule has 0 aliphatic carbocycles. The Kier molecular flexibility index (Phi) is 2.53. The molecule has 0 saturated heterocycles. The second-order valence-corrected chi connectivity index (χ2v) is 2.71. The molecule has 0 unspecified atom stereocenters. The van der Waals surface area contributed by atoms with Crippen molar-refractivity contribution in [3.63, 3.8) is 0 Å². The molecule has 0 N–H and O–H groups in total. The third-order valence-electron chi connectivity index (χ3n) is 1.45. The van der Waals surface area contributed by atoms with Crippen LogP contribution in [0.5, 0.6) is 0 Å². The van der Waals surface area contributed by atoms with Crippen LogP contribution in [0.2, 0.25) is 5.02 Å². The van der Waals surface area contributed by atoms with E-state index in [0.717, 1.165) is 6.07 Å². The van der Waals surface area contributed by atoms with Crippen molar-refractivity contribution in [3.05, 3.63) is 34.3 Å². The van der Waals surface area contributed by atoms with E-state index in [4.69, 9.17) is 18.0 Å². The third-order valence-corrected chi connectivity index (χ3v) is 1.77. The molecule has 0 heterocycles. The van der Waals surface area contributed by atoms with Crippen molar-refractivity contribution in [1.29, 1.82) is 0 Å². The topological polar surface area (TPSA) is 0 Å². The summed E-state index contributed by atoms with van der Waals surface area (Å²) in [5.41, 5.74) is -1.18. The van der Waals surface area contributed by atoms with E-state index in [9.17, 15) is 13.2 Å². The number of rotatable bonds is 0. The summed E-state index contributed by atoms with van der Waals surface area (Å²) in [5, 5.41) is -0.372. The van der Waals surface area contributed by atoms with E-state index >= 15 is 0 Å². The Balaban J connectivity index is 3.43. The second kappa shape index (κ2) is 3.31. The fourth-order valence-corrected chi connectivity index (χ4v) is 1.21. The van der Waals surface area contributed by atoms with Crippen LogP contribution in [0.1, 0.15) is 11.1 Å². The fourth-order valence-electron chi connectivity index (χ4n) is 0.933. The molecule has 0 radical (unpaired) electrons. The van der Waals surface area contributed by atoms with Crippen LogP contribution in [0.4, 0.5) is 13.2 Å². The number of halogens is 4. The predicted molar refractivity (Wildman–Crippen MR) is 44.4 cm³/mol. The van der Waals surface area contributed by atoms with Gasteiger partial charge in [-0.2, -0.15) is 13.2 Å². The van der Waals surface area contributed by atoms with E-state index in [-0.39, 0.29) is 10.6 Å². The summed E-state index contributed by atoms with van der Waals surface area (Å²) in [5.74, 6) is 1.94. The van der Waals surface area contributed by atoms with E-state index in [0.29, 0.717) is 0 Å². The molecular formula is C9H4ClF3. The van der Waals surface area contributed by atoms with Crippen molar-refractivity contribution in [1.82, 2.24) is 0 Å². The molecule has 68 valence electrons. The highest BCUT2D eigenvalue weighted by Crippen LogP contribution is 2.36. The summed E-state index contributed by atoms with van der Waals surface area (Å²) in [6.07, 6.45) is 0.408. The zero-order valence-electron chi connectivity index (χ0n) is 6.32. The Morgan fingerprint density at radius 1 is 1.31 bits per heavy atom. The van der Waals surface area contributed by atoms with Crippen molar-refractivity contribution < 1.29 is 13.2 Å². The van der Waals surface area contributed by atoms with E-state index < -0.39 is 11.7 Å². The number of hydrogen-bond acceptors (Lipinski definition) is 0. The summed E-state index contributed by atoms with van der Waals surface area (Å²) in [6.45, 7) is 0. The van der Waals surface area contributed by atoms with Crippen molar-refractivity contribution in [2.75, 3.05) is 0 Å². The second-order valence-electron chi connectivity index (χ2n) is 2.30. The zero-order chi connectivity index (χ0) is 10.1. The van der Waals surface area contributed by atoms with Gasteiger partial charge in [-0.25, -0.2) is 0 Å². The lowest BCUT2D eigenvalue weighted by atomic mass is 10.1. The maximum atomic E-state index is 12.3. The molecule has 0 aliphatic rings. The average Bonchev–Trinajstić information content (AvgIpc) is 2.01. The molecule has 1 aromatic carbocycles. The lowest BCUT2D eigenvalue weighted by Gasteiger charge is -2.10. The Hall–Kier alpha value is -1.14. The van der Waals surface area contributed by atoms with Crippen LogP contribution in [0.25, 0.3) is 0 Å². The van der Waals surface area contributed by atoms with Gasteiger partial charge in [-0.1, -0.05) is 23.6 Å². The first-order chi connectivity index (χ1) is 5.96. The average molecular weight is 205 g/mol. The molecule has 13 heavy (non-hydrogen) atoms. The monoisotopic (exact) mass is 204 g/mol. The standard InChI is InChI=1S/C9H4ClF3/c1-2-6-4-3-5-7(10)8(6)9(11,12)13/h1,3-5H. The number of benzene rings is 1. The van der Waals surface area contributed by atoms with Crippen LogP contribution < -0.4 is 0 Å². The lowest BCUT2D eigenvalue weighted by Crippen LogP contribution is -2.08. The predicted octanol–water partition coefficient (Wildman–Crippen LogP) is 3.34. The van der Waals surface area contributed by atoms with E-state index in [1.807, 2.05) is 5.92 Å². The normalized spacial score (nSPS) is 11.0. The Bertz CT molecular complexity index is 360. The SMILES string of the molecule is C#Cc1cccc(Cl)c1C(F)(F)F. The van der Waals surface area contributed by atoms with Gasteiger partial charge in [0.25, 0.3) is 0 Å². The summed E-state index contributed by atoms with van der Waals surface area (Å²) >= 11 is 5.38. The minimum atomic E-state index is -4.50. The summed E-state index contributed by atoms with van der Waals surface area (Å²) < 4.78 is 36.9. The van der Waals surface area contributed by atoms with E-state index in [2.05, 4.69) is 0 Å². The highest BCUT2D eigenvalue weighted by atomic mass is 35.5. The largest absolute Gasteiger partial charge is 0.419 e. The molecule has 0 atom stereocenters. The summed E-state index contributed by atoms with van der Waals surface area (Å²) in [6, 6.07) is 3.74. The first kappa shape index (κ1) is 9.94. The molecule has 0 bridgehead atoms. The van der Waals surface area contributed by atoms with Crippen LogP contribution in [-0.4, -0.2) is 0 Å². The Morgan fingerprint density at radius 2 is 1.92 bits per heavy atom. The van der Waals surface area contributed by atoms with E-state index in [1.54, 1.807) is 0 Å². The molecule has 0 saturated carbocycles. The van der Waals surface area contributed by atoms with Gasteiger partial charge >= 0.3 is 6.18 Å². The van der Waals surface area contributed by atoms with Gasteiger partial charge < -0.3 is 0 Å². The Morgan fingerprint density at radius 3 is 2.31 bits per heavy atom. The number of alkyl halides is 3. The van der Waals surface area contributed by atoms with Gasteiger partial charge in [0, 0.05) is 5.56 Å². The molecule has 0 aliphatic heterocycles. The number of terminal acetylenes is 1. The van der Waals surface area contributed by atoms with Crippen LogP contribution in [0, 0.1) is 12.3 Å². The smallest absolute Gasteiger partial charge is 0.166 e. The minimum Gasteiger partial charge on any atom is -0.166 e. The quantitative estimate of drug-likeness (QED) is 0.569. The van der Waals surface area contributed by atoms with Gasteiger partial charge in [0.1, 0.15) is 0 Å². The molecule has 0 fully saturated rings. The third kappa shape index (κ3) is 1.96. The van der Waals surface area contributed by atoms with Crippen LogP contribution in [0.3, 0.4) is 0 Å². The van der Waals surface area contributed by atoms with Crippen LogP contribution in [0.15, 0.2) is 18.2 Å². The Labute approximate surface area is 78.3 Å². The van der Waals surface area contributed by atoms with Crippen molar-refractivity contribution in [2.45, 2.75) is 6.18 Å². The maximum Gasteiger partial charge on any atom is 0.419 e. The van der Waals surface area contributed by atoms with Gasteiger partial charge in [0.05, 0.1) is 10.6 Å². The molecule has 0 aromatic heterocycles. The first-order valence-corrected chi connectivity index (χ1v) is 3.67. The molecule has 0 nitrogen and oxygen atoms in total. The van der Waals surface area contributed by atoms with E-state index in [1.165, 1.54) is 12.1 Å². The maximum absolute atomic E-state index is 12.3.